The highest BCUT2D eigenvalue weighted by molar-refractivity contribution is 5.85. The minimum absolute atomic E-state index is 0.242. The lowest BCUT2D eigenvalue weighted by molar-refractivity contribution is 0.154. The molecule has 1 saturated carbocycles. The molecule has 2 aliphatic rings. The van der Waals surface area contributed by atoms with Crippen LogP contribution >= 0.6 is 0 Å². The van der Waals surface area contributed by atoms with Gasteiger partial charge in [-0.2, -0.15) is 0 Å². The van der Waals surface area contributed by atoms with Crippen LogP contribution in [-0.2, 0) is 19.7 Å². The summed E-state index contributed by atoms with van der Waals surface area (Å²) in [7, 11) is 0. The van der Waals surface area contributed by atoms with E-state index in [1.807, 2.05) is 13.0 Å². The van der Waals surface area contributed by atoms with Crippen LogP contribution in [0.2, 0.25) is 0 Å². The van der Waals surface area contributed by atoms with Gasteiger partial charge in [0.1, 0.15) is 23.8 Å². The molecule has 2 fully saturated rings. The number of fused-ring (bicyclic) bond motifs is 1. The molecule has 3 aromatic rings. The molecule has 2 aromatic heterocycles. The van der Waals surface area contributed by atoms with Gasteiger partial charge < -0.3 is 18.9 Å². The molecule has 1 atom stereocenters. The minimum Gasteiger partial charge on any atom is -0.487 e. The van der Waals surface area contributed by atoms with E-state index < -0.39 is 0 Å². The molecule has 1 aliphatic carbocycles. The number of aryl methyl sites for hydroxylation is 2. The van der Waals surface area contributed by atoms with Crippen molar-refractivity contribution in [2.45, 2.75) is 84.0 Å². The van der Waals surface area contributed by atoms with E-state index in [2.05, 4.69) is 39.0 Å². The average molecular weight is 452 g/mol. The van der Waals surface area contributed by atoms with Crippen LogP contribution in [0, 0.1) is 12.8 Å². The number of rotatable bonds is 9. The van der Waals surface area contributed by atoms with Crippen molar-refractivity contribution in [1.82, 2.24) is 14.6 Å². The van der Waals surface area contributed by atoms with Gasteiger partial charge in [-0.3, -0.25) is 4.90 Å². The monoisotopic (exact) mass is 451 g/mol. The second kappa shape index (κ2) is 10.3. The Hall–Kier alpha value is -2.31. The van der Waals surface area contributed by atoms with E-state index in [4.69, 9.17) is 9.26 Å². The summed E-state index contributed by atoms with van der Waals surface area (Å²) in [6, 6.07) is 8.65. The van der Waals surface area contributed by atoms with Crippen LogP contribution in [0.4, 0.5) is 0 Å². The van der Waals surface area contributed by atoms with Gasteiger partial charge in [0.2, 0.25) is 0 Å². The number of ether oxygens (including phenoxy) is 1. The smallest absolute Gasteiger partial charge is 0.134 e. The van der Waals surface area contributed by atoms with Gasteiger partial charge in [-0.1, -0.05) is 37.3 Å². The van der Waals surface area contributed by atoms with Crippen LogP contribution in [0.1, 0.15) is 68.4 Å². The summed E-state index contributed by atoms with van der Waals surface area (Å²) in [6.07, 6.45) is 12.8. The molecule has 3 heterocycles. The molecule has 6 nitrogen and oxygen atoms in total. The van der Waals surface area contributed by atoms with Crippen LogP contribution in [0.15, 0.2) is 35.0 Å². The molecule has 1 aromatic carbocycles. The molecule has 0 bridgehead atoms. The van der Waals surface area contributed by atoms with Crippen molar-refractivity contribution in [3.63, 3.8) is 0 Å². The molecule has 1 aliphatic heterocycles. The molecular weight excluding hydrogens is 414 g/mol. The van der Waals surface area contributed by atoms with E-state index in [-0.39, 0.29) is 12.6 Å². The van der Waals surface area contributed by atoms with Crippen molar-refractivity contribution in [3.05, 3.63) is 47.5 Å². The van der Waals surface area contributed by atoms with E-state index in [9.17, 15) is 5.11 Å². The van der Waals surface area contributed by atoms with E-state index >= 15 is 0 Å². The van der Waals surface area contributed by atoms with Crippen molar-refractivity contribution < 1.29 is 14.4 Å². The summed E-state index contributed by atoms with van der Waals surface area (Å²) < 4.78 is 13.7. The standard InChI is InChI=1S/C27H37N3O3/c1-20-14-23(28-33-20)19-32-25-9-10-27-26(15-25)22(16-29-12-5-8-24(29)18-31)17-30(27)13-11-21-6-3-2-4-7-21/h9-10,14-15,17,21,24,31H,2-8,11-13,16,18-19H2,1H3/t24-/m0/s1. The number of aliphatic hydroxyl groups is 1. The Balaban J connectivity index is 1.37. The quantitative estimate of drug-likeness (QED) is 0.469. The van der Waals surface area contributed by atoms with E-state index in [1.54, 1.807) is 0 Å². The normalized spacial score (nSPS) is 20.1. The molecule has 1 saturated heterocycles. The van der Waals surface area contributed by atoms with Crippen molar-refractivity contribution >= 4 is 10.9 Å². The molecule has 33 heavy (non-hydrogen) atoms. The summed E-state index contributed by atoms with van der Waals surface area (Å²) in [5, 5.41) is 15.1. The first-order chi connectivity index (χ1) is 16.2. The SMILES string of the molecule is Cc1cc(COc2ccc3c(c2)c(CN2CCC[C@H]2CO)cn3CCC2CCCCC2)no1. The molecule has 0 amide bonds. The van der Waals surface area contributed by atoms with Crippen LogP contribution in [0.5, 0.6) is 5.75 Å². The highest BCUT2D eigenvalue weighted by Gasteiger charge is 2.25. The van der Waals surface area contributed by atoms with Crippen molar-refractivity contribution in [3.8, 4) is 5.75 Å². The Labute approximate surface area is 196 Å². The number of aliphatic hydroxyl groups excluding tert-OH is 1. The van der Waals surface area contributed by atoms with Crippen molar-refractivity contribution in [1.29, 1.82) is 0 Å². The molecule has 0 radical (unpaired) electrons. The third-order valence-corrected chi connectivity index (χ3v) is 7.58. The molecule has 178 valence electrons. The van der Waals surface area contributed by atoms with Crippen LogP contribution < -0.4 is 4.74 Å². The second-order valence-corrected chi connectivity index (χ2v) is 9.99. The lowest BCUT2D eigenvalue weighted by atomic mass is 9.87. The van der Waals surface area contributed by atoms with Gasteiger partial charge in [0.25, 0.3) is 0 Å². The first-order valence-electron chi connectivity index (χ1n) is 12.7. The predicted molar refractivity (Wildman–Crippen MR) is 129 cm³/mol. The predicted octanol–water partition coefficient (Wildman–Crippen LogP) is 5.44. The summed E-state index contributed by atoms with van der Waals surface area (Å²) in [4.78, 5) is 2.44. The number of hydrogen-bond acceptors (Lipinski definition) is 5. The van der Waals surface area contributed by atoms with Crippen molar-refractivity contribution in [2.75, 3.05) is 13.2 Å². The maximum Gasteiger partial charge on any atom is 0.134 e. The maximum atomic E-state index is 9.80. The van der Waals surface area contributed by atoms with Crippen LogP contribution in [0.3, 0.4) is 0 Å². The van der Waals surface area contributed by atoms with E-state index in [0.29, 0.717) is 6.61 Å². The molecule has 0 unspecified atom stereocenters. The number of nitrogens with zero attached hydrogens (tertiary/aromatic N) is 3. The highest BCUT2D eigenvalue weighted by Crippen LogP contribution is 2.32. The second-order valence-electron chi connectivity index (χ2n) is 9.99. The third-order valence-electron chi connectivity index (χ3n) is 7.58. The minimum atomic E-state index is 0.242. The summed E-state index contributed by atoms with van der Waals surface area (Å²) >= 11 is 0. The Morgan fingerprint density at radius 2 is 2.00 bits per heavy atom. The largest absolute Gasteiger partial charge is 0.487 e. The van der Waals surface area contributed by atoms with E-state index in [0.717, 1.165) is 55.6 Å². The van der Waals surface area contributed by atoms with Crippen LogP contribution in [-0.4, -0.2) is 38.9 Å². The Morgan fingerprint density at radius 3 is 2.79 bits per heavy atom. The third kappa shape index (κ3) is 5.28. The molecule has 0 spiro atoms. The molecular formula is C27H37N3O3. The zero-order valence-corrected chi connectivity index (χ0v) is 19.8. The van der Waals surface area contributed by atoms with Crippen LogP contribution in [0.25, 0.3) is 10.9 Å². The molecule has 1 N–H and O–H groups in total. The average Bonchev–Trinajstić information content (AvgIpc) is 3.56. The molecule has 6 heteroatoms. The first kappa shape index (κ1) is 22.5. The zero-order valence-electron chi connectivity index (χ0n) is 19.8. The fourth-order valence-electron chi connectivity index (χ4n) is 5.72. The Morgan fingerprint density at radius 1 is 1.12 bits per heavy atom. The van der Waals surface area contributed by atoms with Gasteiger partial charge in [0.05, 0.1) is 6.61 Å². The summed E-state index contributed by atoms with van der Waals surface area (Å²) in [5.74, 6) is 2.52. The zero-order chi connectivity index (χ0) is 22.6. The van der Waals surface area contributed by atoms with Gasteiger partial charge in [-0.25, -0.2) is 0 Å². The Kier molecular flexibility index (Phi) is 7.02. The van der Waals surface area contributed by atoms with Gasteiger partial charge in [0.15, 0.2) is 0 Å². The number of likely N-dealkylation sites (tertiary alicyclic amines) is 1. The highest BCUT2D eigenvalue weighted by atomic mass is 16.5. The van der Waals surface area contributed by atoms with Crippen molar-refractivity contribution in [2.24, 2.45) is 5.92 Å². The number of benzene rings is 1. The fourth-order valence-corrected chi connectivity index (χ4v) is 5.72. The lowest BCUT2D eigenvalue weighted by Gasteiger charge is -2.22. The number of hydrogen-bond donors (Lipinski definition) is 1. The summed E-state index contributed by atoms with van der Waals surface area (Å²) in [6.45, 7) is 5.54. The number of aromatic nitrogens is 2. The maximum absolute atomic E-state index is 9.80. The topological polar surface area (TPSA) is 63.7 Å². The van der Waals surface area contributed by atoms with Gasteiger partial charge >= 0.3 is 0 Å². The van der Waals surface area contributed by atoms with Gasteiger partial charge in [-0.15, -0.1) is 0 Å². The van der Waals surface area contributed by atoms with Gasteiger partial charge in [0, 0.05) is 42.3 Å². The molecule has 5 rings (SSSR count). The summed E-state index contributed by atoms with van der Waals surface area (Å²) in [5.41, 5.74) is 3.42. The lowest BCUT2D eigenvalue weighted by Crippen LogP contribution is -2.31. The first-order valence-corrected chi connectivity index (χ1v) is 12.7. The van der Waals surface area contributed by atoms with E-state index in [1.165, 1.54) is 55.0 Å². The fraction of sp³-hybridized carbons (Fsp3) is 0.593. The Bertz CT molecular complexity index is 1050. The van der Waals surface area contributed by atoms with Gasteiger partial charge in [-0.05, 0) is 62.4 Å².